The Hall–Kier alpha value is -7.43. The molecule has 258 valence electrons. The van der Waals surface area contributed by atoms with Crippen LogP contribution in [0.15, 0.2) is 206 Å². The molecule has 0 aliphatic heterocycles. The zero-order chi connectivity index (χ0) is 47.0. The van der Waals surface area contributed by atoms with Crippen molar-refractivity contribution in [3.05, 3.63) is 206 Å². The molecule has 10 rings (SSSR count). The Bertz CT molecular complexity index is 3610. The van der Waals surface area contributed by atoms with Gasteiger partial charge in [-0.15, -0.1) is 0 Å². The first kappa shape index (κ1) is 21.9. The molecule has 10 aromatic rings. The highest BCUT2D eigenvalue weighted by Gasteiger charge is 2.16. The first-order valence-corrected chi connectivity index (χ1v) is 17.5. The van der Waals surface area contributed by atoms with Crippen LogP contribution in [0, 0.1) is 0 Å². The van der Waals surface area contributed by atoms with Gasteiger partial charge in [0.15, 0.2) is 17.5 Å². The molecule has 0 saturated carbocycles. The molecular weight excluding hydrogens is 669 g/mol. The number of nitrogens with zero attached hydrogens (tertiary/aromatic N) is 4. The number of aromatic nitrogens is 4. The highest BCUT2D eigenvalue weighted by molar-refractivity contribution is 6.10. The van der Waals surface area contributed by atoms with Gasteiger partial charge in [-0.3, -0.25) is 0 Å². The third-order valence-corrected chi connectivity index (χ3v) is 9.40. The number of fused-ring (bicyclic) bond motifs is 3. The van der Waals surface area contributed by atoms with Gasteiger partial charge in [0.05, 0.1) is 27.5 Å². The van der Waals surface area contributed by atoms with Crippen molar-refractivity contribution >= 4 is 21.8 Å². The van der Waals surface area contributed by atoms with Crippen molar-refractivity contribution in [2.75, 3.05) is 0 Å². The van der Waals surface area contributed by atoms with E-state index in [2.05, 4.69) is 36.4 Å². The largest absolute Gasteiger partial charge is 0.309 e. The molecule has 0 aliphatic carbocycles. The van der Waals surface area contributed by atoms with Gasteiger partial charge in [0, 0.05) is 33.2 Å². The van der Waals surface area contributed by atoms with Crippen molar-refractivity contribution in [1.82, 2.24) is 19.5 Å². The molecular formula is C51H34N4. The summed E-state index contributed by atoms with van der Waals surface area (Å²) in [6.45, 7) is 0. The second-order valence-corrected chi connectivity index (χ2v) is 12.8. The van der Waals surface area contributed by atoms with Crippen LogP contribution in [0.1, 0.15) is 16.4 Å². The predicted molar refractivity (Wildman–Crippen MR) is 227 cm³/mol. The molecule has 2 heterocycles. The molecule has 0 bridgehead atoms. The van der Waals surface area contributed by atoms with E-state index in [1.54, 1.807) is 24.3 Å². The summed E-state index contributed by atoms with van der Waals surface area (Å²) in [6.07, 6.45) is 0. The summed E-state index contributed by atoms with van der Waals surface area (Å²) in [6, 6.07) is 35.6. The zero-order valence-corrected chi connectivity index (χ0v) is 29.0. The van der Waals surface area contributed by atoms with Crippen molar-refractivity contribution in [1.29, 1.82) is 0 Å². The molecule has 8 aromatic carbocycles. The number of hydrogen-bond donors (Lipinski definition) is 0. The quantitative estimate of drug-likeness (QED) is 0.165. The second-order valence-electron chi connectivity index (χ2n) is 12.8. The molecule has 4 heteroatoms. The van der Waals surface area contributed by atoms with Gasteiger partial charge >= 0.3 is 0 Å². The Morgan fingerprint density at radius 3 is 1.56 bits per heavy atom. The van der Waals surface area contributed by atoms with Crippen LogP contribution in [0.5, 0.6) is 0 Å². The van der Waals surface area contributed by atoms with E-state index in [-0.39, 0.29) is 21.8 Å². The lowest BCUT2D eigenvalue weighted by Gasteiger charge is -2.11. The van der Waals surface area contributed by atoms with Gasteiger partial charge in [-0.05, 0) is 81.8 Å². The summed E-state index contributed by atoms with van der Waals surface area (Å²) in [7, 11) is 0. The minimum absolute atomic E-state index is 0.0724. The van der Waals surface area contributed by atoms with Crippen molar-refractivity contribution in [2.45, 2.75) is 0 Å². The van der Waals surface area contributed by atoms with Crippen LogP contribution in [-0.2, 0) is 0 Å². The highest BCUT2D eigenvalue weighted by atomic mass is 15.0. The van der Waals surface area contributed by atoms with Crippen LogP contribution >= 0.6 is 0 Å². The fraction of sp³-hybridized carbons (Fsp3) is 0. The fourth-order valence-corrected chi connectivity index (χ4v) is 6.71. The van der Waals surface area contributed by atoms with E-state index in [1.807, 2.05) is 72.8 Å². The van der Waals surface area contributed by atoms with Crippen LogP contribution in [0.3, 0.4) is 0 Å². The Labute approximate surface area is 336 Å². The van der Waals surface area contributed by atoms with Gasteiger partial charge in [0.2, 0.25) is 0 Å². The monoisotopic (exact) mass is 714 g/mol. The Morgan fingerprint density at radius 2 is 0.855 bits per heavy atom. The summed E-state index contributed by atoms with van der Waals surface area (Å²) in [4.78, 5) is 14.8. The van der Waals surface area contributed by atoms with Crippen LogP contribution in [-0.4, -0.2) is 19.5 Å². The minimum atomic E-state index is -0.689. The van der Waals surface area contributed by atoms with E-state index in [0.29, 0.717) is 28.7 Å². The summed E-state index contributed by atoms with van der Waals surface area (Å²) < 4.78 is 107. The maximum atomic E-state index is 9.46. The maximum absolute atomic E-state index is 9.46. The number of benzene rings is 8. The lowest BCUT2D eigenvalue weighted by molar-refractivity contribution is 1.07. The first-order chi connectivity index (χ1) is 32.2. The third-order valence-electron chi connectivity index (χ3n) is 9.40. The lowest BCUT2D eigenvalue weighted by Crippen LogP contribution is -2.00. The molecule has 0 unspecified atom stereocenters. The van der Waals surface area contributed by atoms with Crippen molar-refractivity contribution < 1.29 is 16.4 Å². The minimum Gasteiger partial charge on any atom is -0.309 e. The molecule has 2 aromatic heterocycles. The summed E-state index contributed by atoms with van der Waals surface area (Å²) in [5.41, 5.74) is 5.56. The maximum Gasteiger partial charge on any atom is 0.164 e. The molecule has 0 amide bonds. The molecule has 0 atom stereocenters. The number of para-hydroxylation sites is 1. The number of rotatable bonds is 7. The average molecular weight is 715 g/mol. The molecule has 4 nitrogen and oxygen atoms in total. The van der Waals surface area contributed by atoms with Crippen LogP contribution < -0.4 is 0 Å². The Balaban J connectivity index is 1.13. The van der Waals surface area contributed by atoms with E-state index in [9.17, 15) is 2.74 Å². The van der Waals surface area contributed by atoms with Gasteiger partial charge in [-0.2, -0.15) is 0 Å². The van der Waals surface area contributed by atoms with Crippen LogP contribution in [0.2, 0.25) is 0 Å². The lowest BCUT2D eigenvalue weighted by atomic mass is 9.99. The van der Waals surface area contributed by atoms with Gasteiger partial charge in [-0.25, -0.2) is 15.0 Å². The van der Waals surface area contributed by atoms with Crippen molar-refractivity contribution in [2.24, 2.45) is 0 Å². The van der Waals surface area contributed by atoms with Gasteiger partial charge in [-0.1, -0.05) is 158 Å². The van der Waals surface area contributed by atoms with Crippen LogP contribution in [0.4, 0.5) is 0 Å². The molecule has 0 radical (unpaired) electrons. The summed E-state index contributed by atoms with van der Waals surface area (Å²) in [5.74, 6) is 1.19. The average Bonchev–Trinajstić information content (AvgIpc) is 3.74. The molecule has 0 aliphatic rings. The van der Waals surface area contributed by atoms with E-state index in [1.165, 1.54) is 4.57 Å². The zero-order valence-electron chi connectivity index (χ0n) is 41.0. The Kier molecular flexibility index (Phi) is 5.52. The topological polar surface area (TPSA) is 43.6 Å². The molecule has 0 fully saturated rings. The van der Waals surface area contributed by atoms with E-state index in [4.69, 9.17) is 28.7 Å². The van der Waals surface area contributed by atoms with Crippen molar-refractivity contribution in [3.8, 4) is 73.2 Å². The van der Waals surface area contributed by atoms with E-state index in [0.717, 1.165) is 33.4 Å². The molecule has 0 N–H and O–H groups in total. The highest BCUT2D eigenvalue weighted by Crippen LogP contribution is 2.36. The van der Waals surface area contributed by atoms with Gasteiger partial charge < -0.3 is 4.57 Å². The third kappa shape index (κ3) is 6.16. The molecule has 55 heavy (non-hydrogen) atoms. The SMILES string of the molecule is [2H]c1c([2H])c([2H])c(-c2c([2H])c([2H])c3c(c2[2H])c2c([2H])c([2H])c([2H])c([2H])c2n3-c2ccc(-c3nc(-c4ccccc4)nc(-c4cccc(-c5ccc(-c6ccccc6)cc5)c4)n3)cc2)c([2H])c1[2H]. The molecule has 0 saturated heterocycles. The Morgan fingerprint density at radius 1 is 0.345 bits per heavy atom. The number of hydrogen-bond acceptors (Lipinski definition) is 3. The first-order valence-electron chi connectivity index (χ1n) is 23.5. The summed E-state index contributed by atoms with van der Waals surface area (Å²) >= 11 is 0. The standard InChI is InChI=1S/C51H34N4/c1-4-13-35(14-5-1)37-23-25-38(26-24-37)41-19-12-20-43(33-41)51-53-49(39-17-8-3-9-18-39)52-50(54-51)40-27-30-44(31-28-40)55-47-22-11-10-21-45(47)46-34-42(29-32-48(46)55)36-15-6-2-7-16-36/h1-34H/i2D,6D,7D,10D,11D,15D,16D,21D,22D,29D,32D,34D. The smallest absolute Gasteiger partial charge is 0.164 e. The van der Waals surface area contributed by atoms with Gasteiger partial charge in [0.1, 0.15) is 0 Å². The van der Waals surface area contributed by atoms with Gasteiger partial charge in [0.25, 0.3) is 0 Å². The molecule has 0 spiro atoms. The fourth-order valence-electron chi connectivity index (χ4n) is 6.71. The van der Waals surface area contributed by atoms with E-state index >= 15 is 0 Å². The van der Waals surface area contributed by atoms with E-state index < -0.39 is 83.6 Å². The summed E-state index contributed by atoms with van der Waals surface area (Å²) in [5, 5.41) is -0.265. The second kappa shape index (κ2) is 13.8. The van der Waals surface area contributed by atoms with Crippen molar-refractivity contribution in [3.63, 3.8) is 0 Å². The van der Waals surface area contributed by atoms with Crippen LogP contribution in [0.25, 0.3) is 95.0 Å². The normalized spacial score (nSPS) is 14.3. The predicted octanol–water partition coefficient (Wildman–Crippen LogP) is 13.0.